The predicted octanol–water partition coefficient (Wildman–Crippen LogP) is 2.61. The van der Waals surface area contributed by atoms with Crippen LogP contribution in [-0.4, -0.2) is 37.2 Å². The van der Waals surface area contributed by atoms with Crippen LogP contribution in [-0.2, 0) is 16.1 Å². The molecule has 0 N–H and O–H groups in total. The standard InChI is InChI=1S/C15H22FNO3/c1-5-20-15(18)10-17(11(2)3)9-12-8-13(16)6-7-14(12)19-4/h6-8,11H,5,9-10H2,1-4H3. The van der Waals surface area contributed by atoms with E-state index in [1.165, 1.54) is 12.1 Å². The summed E-state index contributed by atoms with van der Waals surface area (Å²) in [6, 6.07) is 4.51. The summed E-state index contributed by atoms with van der Waals surface area (Å²) in [5.74, 6) is 0.0121. The highest BCUT2D eigenvalue weighted by Crippen LogP contribution is 2.21. The van der Waals surface area contributed by atoms with Gasteiger partial charge in [-0.2, -0.15) is 0 Å². The van der Waals surface area contributed by atoms with Gasteiger partial charge in [0.15, 0.2) is 0 Å². The highest BCUT2D eigenvalue weighted by Gasteiger charge is 2.17. The van der Waals surface area contributed by atoms with Crippen LogP contribution < -0.4 is 4.74 Å². The molecule has 0 saturated heterocycles. The van der Waals surface area contributed by atoms with E-state index in [9.17, 15) is 9.18 Å². The van der Waals surface area contributed by atoms with Gasteiger partial charge in [-0.3, -0.25) is 9.69 Å². The first-order valence-corrected chi connectivity index (χ1v) is 6.70. The van der Waals surface area contributed by atoms with Crippen molar-refractivity contribution in [2.24, 2.45) is 0 Å². The first-order valence-electron chi connectivity index (χ1n) is 6.70. The van der Waals surface area contributed by atoms with Crippen LogP contribution in [0.1, 0.15) is 26.3 Å². The van der Waals surface area contributed by atoms with E-state index in [1.54, 1.807) is 20.1 Å². The molecule has 0 heterocycles. The molecule has 1 aromatic rings. The molecule has 0 saturated carbocycles. The van der Waals surface area contributed by atoms with Gasteiger partial charge in [-0.1, -0.05) is 0 Å². The SMILES string of the molecule is CCOC(=O)CN(Cc1cc(F)ccc1OC)C(C)C. The minimum Gasteiger partial charge on any atom is -0.496 e. The topological polar surface area (TPSA) is 38.8 Å². The van der Waals surface area contributed by atoms with Gasteiger partial charge in [0.25, 0.3) is 0 Å². The Labute approximate surface area is 119 Å². The molecule has 0 aromatic heterocycles. The predicted molar refractivity (Wildman–Crippen MR) is 75.1 cm³/mol. The fourth-order valence-electron chi connectivity index (χ4n) is 1.88. The van der Waals surface area contributed by atoms with Gasteiger partial charge in [0, 0.05) is 18.2 Å². The van der Waals surface area contributed by atoms with Crippen molar-refractivity contribution in [3.63, 3.8) is 0 Å². The maximum Gasteiger partial charge on any atom is 0.320 e. The van der Waals surface area contributed by atoms with Gasteiger partial charge in [0.1, 0.15) is 11.6 Å². The Morgan fingerprint density at radius 3 is 2.65 bits per heavy atom. The van der Waals surface area contributed by atoms with E-state index < -0.39 is 0 Å². The number of benzene rings is 1. The number of esters is 1. The van der Waals surface area contributed by atoms with Gasteiger partial charge in [-0.25, -0.2) is 4.39 Å². The van der Waals surface area contributed by atoms with Crippen molar-refractivity contribution < 1.29 is 18.7 Å². The number of methoxy groups -OCH3 is 1. The van der Waals surface area contributed by atoms with Crippen molar-refractivity contribution >= 4 is 5.97 Å². The van der Waals surface area contributed by atoms with E-state index in [0.717, 1.165) is 0 Å². The number of hydrogen-bond acceptors (Lipinski definition) is 4. The molecule has 0 spiro atoms. The number of ether oxygens (including phenoxy) is 2. The molecule has 0 aliphatic heterocycles. The van der Waals surface area contributed by atoms with Crippen molar-refractivity contribution in [1.82, 2.24) is 4.90 Å². The number of halogens is 1. The van der Waals surface area contributed by atoms with Crippen LogP contribution in [0.3, 0.4) is 0 Å². The van der Waals surface area contributed by atoms with Crippen LogP contribution in [0.2, 0.25) is 0 Å². The van der Waals surface area contributed by atoms with Gasteiger partial charge in [0.2, 0.25) is 0 Å². The molecule has 0 aliphatic carbocycles. The summed E-state index contributed by atoms with van der Waals surface area (Å²) in [6.07, 6.45) is 0. The minimum atomic E-state index is -0.319. The molecule has 1 aromatic carbocycles. The van der Waals surface area contributed by atoms with E-state index in [2.05, 4.69) is 0 Å². The van der Waals surface area contributed by atoms with Crippen LogP contribution in [0, 0.1) is 5.82 Å². The summed E-state index contributed by atoms with van der Waals surface area (Å²) in [6.45, 7) is 6.68. The molecular formula is C15H22FNO3. The first kappa shape index (κ1) is 16.4. The normalized spacial score (nSPS) is 10.9. The molecule has 0 atom stereocenters. The van der Waals surface area contributed by atoms with Crippen LogP contribution in [0.15, 0.2) is 18.2 Å². The second kappa shape index (κ2) is 7.85. The molecular weight excluding hydrogens is 261 g/mol. The average Bonchev–Trinajstić information content (AvgIpc) is 2.38. The summed E-state index contributed by atoms with van der Waals surface area (Å²) < 4.78 is 23.5. The third-order valence-corrected chi connectivity index (χ3v) is 2.98. The second-order valence-electron chi connectivity index (χ2n) is 4.76. The zero-order valence-corrected chi connectivity index (χ0v) is 12.5. The van der Waals surface area contributed by atoms with E-state index in [4.69, 9.17) is 9.47 Å². The Balaban J connectivity index is 2.85. The van der Waals surface area contributed by atoms with Crippen molar-refractivity contribution in [1.29, 1.82) is 0 Å². The van der Waals surface area contributed by atoms with Gasteiger partial charge >= 0.3 is 5.97 Å². The summed E-state index contributed by atoms with van der Waals surface area (Å²) in [5, 5.41) is 0. The molecule has 1 rings (SSSR count). The molecule has 0 unspecified atom stereocenters. The second-order valence-corrected chi connectivity index (χ2v) is 4.76. The Hall–Kier alpha value is -1.62. The lowest BCUT2D eigenvalue weighted by molar-refractivity contribution is -0.145. The molecule has 0 bridgehead atoms. The largest absolute Gasteiger partial charge is 0.496 e. The molecule has 112 valence electrons. The highest BCUT2D eigenvalue weighted by molar-refractivity contribution is 5.71. The van der Waals surface area contributed by atoms with E-state index >= 15 is 0 Å². The molecule has 4 nitrogen and oxygen atoms in total. The quantitative estimate of drug-likeness (QED) is 0.721. The summed E-state index contributed by atoms with van der Waals surface area (Å²) in [4.78, 5) is 13.5. The smallest absolute Gasteiger partial charge is 0.320 e. The molecule has 20 heavy (non-hydrogen) atoms. The number of carbonyl (C=O) groups is 1. The number of nitrogens with zero attached hydrogens (tertiary/aromatic N) is 1. The van der Waals surface area contributed by atoms with Gasteiger partial charge in [-0.05, 0) is 39.0 Å². The average molecular weight is 283 g/mol. The fraction of sp³-hybridized carbons (Fsp3) is 0.533. The third kappa shape index (κ3) is 4.81. The maximum atomic E-state index is 13.4. The Kier molecular flexibility index (Phi) is 6.45. The zero-order valence-electron chi connectivity index (χ0n) is 12.5. The van der Waals surface area contributed by atoms with Crippen molar-refractivity contribution in [2.45, 2.75) is 33.4 Å². The van der Waals surface area contributed by atoms with Crippen molar-refractivity contribution in [3.8, 4) is 5.75 Å². The summed E-state index contributed by atoms with van der Waals surface area (Å²) in [5.41, 5.74) is 0.713. The van der Waals surface area contributed by atoms with Crippen LogP contribution in [0.5, 0.6) is 5.75 Å². The van der Waals surface area contributed by atoms with Crippen molar-refractivity contribution in [2.75, 3.05) is 20.3 Å². The number of hydrogen-bond donors (Lipinski definition) is 0. The van der Waals surface area contributed by atoms with Crippen LogP contribution in [0.4, 0.5) is 4.39 Å². The summed E-state index contributed by atoms with van der Waals surface area (Å²) in [7, 11) is 1.54. The van der Waals surface area contributed by atoms with Gasteiger partial charge in [-0.15, -0.1) is 0 Å². The Morgan fingerprint density at radius 2 is 2.10 bits per heavy atom. The molecule has 0 aliphatic rings. The fourth-order valence-corrected chi connectivity index (χ4v) is 1.88. The highest BCUT2D eigenvalue weighted by atomic mass is 19.1. The lowest BCUT2D eigenvalue weighted by Crippen LogP contribution is -2.36. The van der Waals surface area contributed by atoms with Crippen molar-refractivity contribution in [3.05, 3.63) is 29.6 Å². The van der Waals surface area contributed by atoms with Gasteiger partial charge in [0.05, 0.1) is 20.3 Å². The summed E-state index contributed by atoms with van der Waals surface area (Å²) >= 11 is 0. The zero-order chi connectivity index (χ0) is 15.1. The molecule has 0 fully saturated rings. The van der Waals surface area contributed by atoms with Crippen LogP contribution in [0.25, 0.3) is 0 Å². The Bertz CT molecular complexity index is 449. The first-order chi connectivity index (χ1) is 9.47. The minimum absolute atomic E-state index is 0.132. The van der Waals surface area contributed by atoms with E-state index in [0.29, 0.717) is 24.5 Å². The van der Waals surface area contributed by atoms with Crippen LogP contribution >= 0.6 is 0 Å². The monoisotopic (exact) mass is 283 g/mol. The maximum absolute atomic E-state index is 13.4. The Morgan fingerprint density at radius 1 is 1.40 bits per heavy atom. The van der Waals surface area contributed by atoms with Gasteiger partial charge < -0.3 is 9.47 Å². The third-order valence-electron chi connectivity index (χ3n) is 2.98. The van der Waals surface area contributed by atoms with E-state index in [-0.39, 0.29) is 24.4 Å². The molecule has 0 radical (unpaired) electrons. The molecule has 5 heteroatoms. The lowest BCUT2D eigenvalue weighted by atomic mass is 10.1. The lowest BCUT2D eigenvalue weighted by Gasteiger charge is -2.26. The molecule has 0 amide bonds. The number of rotatable bonds is 7. The van der Waals surface area contributed by atoms with E-state index in [1.807, 2.05) is 18.7 Å². The number of carbonyl (C=O) groups excluding carboxylic acids is 1.